The lowest BCUT2D eigenvalue weighted by atomic mass is 9.91. The molecule has 1 aromatic rings. The maximum absolute atomic E-state index is 12.5. The highest BCUT2D eigenvalue weighted by Crippen LogP contribution is 2.49. The van der Waals surface area contributed by atoms with E-state index in [0.717, 1.165) is 17.7 Å². The van der Waals surface area contributed by atoms with Crippen LogP contribution in [0, 0.1) is 5.92 Å². The van der Waals surface area contributed by atoms with Gasteiger partial charge in [0.15, 0.2) is 5.60 Å². The van der Waals surface area contributed by atoms with E-state index in [-0.39, 0.29) is 30.6 Å². The average Bonchev–Trinajstić information content (AvgIpc) is 3.35. The van der Waals surface area contributed by atoms with E-state index in [4.69, 9.17) is 9.84 Å². The van der Waals surface area contributed by atoms with Crippen LogP contribution in [0.3, 0.4) is 0 Å². The van der Waals surface area contributed by atoms with Gasteiger partial charge in [-0.25, -0.2) is 4.79 Å². The topological polar surface area (TPSA) is 87.1 Å². The number of hydrogen-bond acceptors (Lipinski definition) is 4. The summed E-state index contributed by atoms with van der Waals surface area (Å²) in [6.45, 7) is 0.589. The average molecular weight is 319 g/mol. The number of nitrogens with zero attached hydrogens (tertiary/aromatic N) is 1. The maximum atomic E-state index is 12.5. The molecule has 1 amide bonds. The number of aliphatic hydroxyl groups is 1. The fraction of sp³-hybridized carbons (Fsp3) is 0.529. The first-order chi connectivity index (χ1) is 10.9. The molecular weight excluding hydrogens is 298 g/mol. The van der Waals surface area contributed by atoms with Gasteiger partial charge in [-0.05, 0) is 30.0 Å². The highest BCUT2D eigenvalue weighted by Gasteiger charge is 2.48. The molecule has 0 aromatic heterocycles. The summed E-state index contributed by atoms with van der Waals surface area (Å²) < 4.78 is 5.21. The number of hydrogen-bond donors (Lipinski definition) is 2. The van der Waals surface area contributed by atoms with E-state index in [1.165, 1.54) is 0 Å². The minimum Gasteiger partial charge on any atom is -0.497 e. The molecule has 124 valence electrons. The summed E-state index contributed by atoms with van der Waals surface area (Å²) in [5.74, 6) is -0.198. The molecule has 1 aliphatic heterocycles. The highest BCUT2D eigenvalue weighted by atomic mass is 16.5. The number of amides is 1. The molecular formula is C17H21NO5. The monoisotopic (exact) mass is 319 g/mol. The van der Waals surface area contributed by atoms with Crippen molar-refractivity contribution >= 4 is 11.9 Å². The third-order valence-electron chi connectivity index (χ3n) is 4.93. The van der Waals surface area contributed by atoms with E-state index in [1.54, 1.807) is 12.0 Å². The van der Waals surface area contributed by atoms with E-state index in [1.807, 2.05) is 24.3 Å². The van der Waals surface area contributed by atoms with Crippen molar-refractivity contribution in [2.24, 2.45) is 5.92 Å². The molecule has 3 rings (SSSR count). The van der Waals surface area contributed by atoms with E-state index in [9.17, 15) is 14.7 Å². The molecule has 2 fully saturated rings. The van der Waals surface area contributed by atoms with Gasteiger partial charge in [0.1, 0.15) is 5.75 Å². The Morgan fingerprint density at radius 3 is 2.61 bits per heavy atom. The standard InChI is InChI=1S/C17H21NO5/c1-23-12-4-2-3-11(9-12)13-10-14(13)15(19)18-7-5-17(22,6-8-18)16(20)21/h2-4,9,13-14,22H,5-8,10H2,1H3,(H,20,21). The number of carboxylic acids is 1. The van der Waals surface area contributed by atoms with Crippen molar-refractivity contribution in [3.05, 3.63) is 29.8 Å². The van der Waals surface area contributed by atoms with Crippen molar-refractivity contribution in [3.63, 3.8) is 0 Å². The molecule has 0 bridgehead atoms. The number of ether oxygens (including phenoxy) is 1. The quantitative estimate of drug-likeness (QED) is 0.872. The van der Waals surface area contributed by atoms with Crippen LogP contribution in [0.4, 0.5) is 0 Å². The summed E-state index contributed by atoms with van der Waals surface area (Å²) in [7, 11) is 1.62. The van der Waals surface area contributed by atoms with Crippen molar-refractivity contribution in [2.75, 3.05) is 20.2 Å². The number of aliphatic carboxylic acids is 1. The smallest absolute Gasteiger partial charge is 0.335 e. The second-order valence-electron chi connectivity index (χ2n) is 6.39. The van der Waals surface area contributed by atoms with Crippen molar-refractivity contribution in [1.29, 1.82) is 0 Å². The number of methoxy groups -OCH3 is 1. The van der Waals surface area contributed by atoms with Crippen LogP contribution in [0.15, 0.2) is 24.3 Å². The lowest BCUT2D eigenvalue weighted by Crippen LogP contribution is -2.51. The Morgan fingerprint density at radius 1 is 1.30 bits per heavy atom. The Bertz CT molecular complexity index is 621. The second kappa shape index (κ2) is 5.85. The van der Waals surface area contributed by atoms with Crippen LogP contribution in [0.5, 0.6) is 5.75 Å². The van der Waals surface area contributed by atoms with Gasteiger partial charge in [-0.1, -0.05) is 12.1 Å². The number of carboxylic acid groups (broad SMARTS) is 1. The van der Waals surface area contributed by atoms with Crippen LogP contribution in [0.1, 0.15) is 30.7 Å². The molecule has 0 radical (unpaired) electrons. The Labute approximate surface area is 134 Å². The van der Waals surface area contributed by atoms with Crippen molar-refractivity contribution in [1.82, 2.24) is 4.90 Å². The maximum Gasteiger partial charge on any atom is 0.335 e. The lowest BCUT2D eigenvalue weighted by Gasteiger charge is -2.35. The van der Waals surface area contributed by atoms with E-state index in [2.05, 4.69) is 0 Å². The lowest BCUT2D eigenvalue weighted by molar-refractivity contribution is -0.165. The molecule has 2 unspecified atom stereocenters. The molecule has 1 aliphatic carbocycles. The first-order valence-electron chi connectivity index (χ1n) is 7.83. The van der Waals surface area contributed by atoms with Crippen molar-refractivity contribution < 1.29 is 24.5 Å². The fourth-order valence-electron chi connectivity index (χ4n) is 3.25. The van der Waals surface area contributed by atoms with Gasteiger partial charge in [0.05, 0.1) is 7.11 Å². The SMILES string of the molecule is COc1cccc(C2CC2C(=O)N2CCC(O)(C(=O)O)CC2)c1. The summed E-state index contributed by atoms with van der Waals surface area (Å²) in [6.07, 6.45) is 0.987. The number of benzene rings is 1. The molecule has 1 aromatic carbocycles. The van der Waals surface area contributed by atoms with Crippen molar-refractivity contribution in [3.8, 4) is 5.75 Å². The minimum atomic E-state index is -1.69. The zero-order valence-corrected chi connectivity index (χ0v) is 13.1. The van der Waals surface area contributed by atoms with Crippen LogP contribution in [0.25, 0.3) is 0 Å². The minimum absolute atomic E-state index is 0.0434. The summed E-state index contributed by atoms with van der Waals surface area (Å²) in [4.78, 5) is 25.3. The number of carbonyl (C=O) groups is 2. The molecule has 2 aliphatic rings. The predicted octanol–water partition coefficient (Wildman–Crippen LogP) is 1.24. The molecule has 1 saturated carbocycles. The number of likely N-dealkylation sites (tertiary alicyclic amines) is 1. The highest BCUT2D eigenvalue weighted by molar-refractivity contribution is 5.84. The van der Waals surface area contributed by atoms with E-state index >= 15 is 0 Å². The summed E-state index contributed by atoms with van der Waals surface area (Å²) in [5.41, 5.74) is -0.589. The molecule has 6 heteroatoms. The number of carbonyl (C=O) groups excluding carboxylic acids is 1. The Balaban J connectivity index is 1.60. The van der Waals surface area contributed by atoms with Gasteiger partial charge < -0.3 is 19.8 Å². The second-order valence-corrected chi connectivity index (χ2v) is 6.39. The van der Waals surface area contributed by atoms with Gasteiger partial charge in [0.25, 0.3) is 0 Å². The van der Waals surface area contributed by atoms with E-state index in [0.29, 0.717) is 13.1 Å². The normalized spacial score (nSPS) is 25.7. The first-order valence-corrected chi connectivity index (χ1v) is 7.83. The largest absolute Gasteiger partial charge is 0.497 e. The van der Waals surface area contributed by atoms with Gasteiger partial charge in [-0.3, -0.25) is 4.79 Å². The van der Waals surface area contributed by atoms with Gasteiger partial charge >= 0.3 is 5.97 Å². The molecule has 0 spiro atoms. The van der Waals surface area contributed by atoms with Gasteiger partial charge in [-0.15, -0.1) is 0 Å². The summed E-state index contributed by atoms with van der Waals surface area (Å²) in [6, 6.07) is 7.75. The van der Waals surface area contributed by atoms with Gasteiger partial charge in [0, 0.05) is 31.8 Å². The number of rotatable bonds is 4. The number of piperidine rings is 1. The zero-order chi connectivity index (χ0) is 16.6. The summed E-state index contributed by atoms with van der Waals surface area (Å²) in [5, 5.41) is 19.0. The first kappa shape index (κ1) is 15.8. The van der Waals surface area contributed by atoms with Crippen LogP contribution in [-0.4, -0.2) is 52.8 Å². The van der Waals surface area contributed by atoms with Crippen LogP contribution in [0.2, 0.25) is 0 Å². The predicted molar refractivity (Wildman–Crippen MR) is 82.2 cm³/mol. The van der Waals surface area contributed by atoms with Crippen LogP contribution < -0.4 is 4.74 Å². The van der Waals surface area contributed by atoms with Crippen LogP contribution >= 0.6 is 0 Å². The Kier molecular flexibility index (Phi) is 4.02. The molecule has 1 heterocycles. The summed E-state index contributed by atoms with van der Waals surface area (Å²) >= 11 is 0. The third-order valence-corrected chi connectivity index (χ3v) is 4.93. The van der Waals surface area contributed by atoms with Gasteiger partial charge in [-0.2, -0.15) is 0 Å². The van der Waals surface area contributed by atoms with E-state index < -0.39 is 11.6 Å². The Morgan fingerprint density at radius 2 is 2.00 bits per heavy atom. The molecule has 23 heavy (non-hydrogen) atoms. The molecule has 2 atom stereocenters. The van der Waals surface area contributed by atoms with Crippen LogP contribution in [-0.2, 0) is 9.59 Å². The van der Waals surface area contributed by atoms with Crippen molar-refractivity contribution in [2.45, 2.75) is 30.8 Å². The molecule has 1 saturated heterocycles. The fourth-order valence-corrected chi connectivity index (χ4v) is 3.25. The Hall–Kier alpha value is -2.08. The zero-order valence-electron chi connectivity index (χ0n) is 13.1. The molecule has 6 nitrogen and oxygen atoms in total. The third kappa shape index (κ3) is 3.03. The van der Waals surface area contributed by atoms with Gasteiger partial charge in [0.2, 0.25) is 5.91 Å². The molecule has 2 N–H and O–H groups in total.